The van der Waals surface area contributed by atoms with Gasteiger partial charge in [-0.05, 0) is 77.4 Å². The van der Waals surface area contributed by atoms with Gasteiger partial charge in [-0.2, -0.15) is 0 Å². The summed E-state index contributed by atoms with van der Waals surface area (Å²) in [7, 11) is -3.45. The van der Waals surface area contributed by atoms with E-state index in [9.17, 15) is 27.5 Å². The fraction of sp³-hybridized carbons (Fsp3) is 0.0882. The minimum atomic E-state index is -3.45. The van der Waals surface area contributed by atoms with Gasteiger partial charge in [0.05, 0.1) is 39.3 Å². The van der Waals surface area contributed by atoms with Gasteiger partial charge in [0.15, 0.2) is 9.84 Å². The number of aromatic carboxylic acids is 1. The van der Waals surface area contributed by atoms with Gasteiger partial charge in [0.2, 0.25) is 0 Å². The van der Waals surface area contributed by atoms with Crippen molar-refractivity contribution in [2.24, 2.45) is 0 Å². The Bertz CT molecular complexity index is 2190. The van der Waals surface area contributed by atoms with E-state index in [0.717, 1.165) is 22.6 Å². The molecule has 0 aliphatic rings. The summed E-state index contributed by atoms with van der Waals surface area (Å²) in [5, 5.41) is 13.7. The number of nitrogens with zero attached hydrogens (tertiary/aromatic N) is 2. The third kappa shape index (κ3) is 5.93. The first-order valence-electron chi connectivity index (χ1n) is 13.6. The zero-order chi connectivity index (χ0) is 31.0. The second-order valence-corrected chi connectivity index (χ2v) is 12.5. The van der Waals surface area contributed by atoms with Crippen LogP contribution in [-0.2, 0) is 22.9 Å². The normalized spacial score (nSPS) is 11.6. The molecule has 4 aromatic carbocycles. The van der Waals surface area contributed by atoms with Crippen LogP contribution in [0.1, 0.15) is 32.0 Å². The third-order valence-electron chi connectivity index (χ3n) is 7.40. The van der Waals surface area contributed by atoms with Crippen molar-refractivity contribution in [2.75, 3.05) is 6.26 Å². The van der Waals surface area contributed by atoms with Crippen molar-refractivity contribution in [3.63, 3.8) is 0 Å². The largest absolute Gasteiger partial charge is 0.478 e. The first-order chi connectivity index (χ1) is 21.0. The summed E-state index contributed by atoms with van der Waals surface area (Å²) in [6, 6.07) is 26.5. The van der Waals surface area contributed by atoms with Crippen LogP contribution in [0.25, 0.3) is 32.9 Å². The number of fused-ring (bicyclic) bond motifs is 2. The van der Waals surface area contributed by atoms with E-state index in [1.54, 1.807) is 42.5 Å². The molecule has 0 saturated heterocycles. The molecular formula is C34H26FN3O5S. The third-order valence-corrected chi connectivity index (χ3v) is 8.51. The highest BCUT2D eigenvalue weighted by atomic mass is 32.2. The zero-order valence-corrected chi connectivity index (χ0v) is 24.3. The molecule has 2 heterocycles. The Labute approximate surface area is 252 Å². The summed E-state index contributed by atoms with van der Waals surface area (Å²) in [6.45, 7) is 0.475. The Morgan fingerprint density at radius 3 is 2.41 bits per heavy atom. The Morgan fingerprint density at radius 2 is 1.66 bits per heavy atom. The van der Waals surface area contributed by atoms with Gasteiger partial charge in [-0.3, -0.25) is 9.78 Å². The molecular weight excluding hydrogens is 581 g/mol. The maximum absolute atomic E-state index is 13.9. The number of nitrogens with one attached hydrogen (secondary N) is 1. The van der Waals surface area contributed by atoms with Crippen molar-refractivity contribution >= 4 is 43.5 Å². The Balaban J connectivity index is 1.41. The molecule has 0 saturated carbocycles. The molecule has 0 unspecified atom stereocenters. The number of rotatable bonds is 8. The molecule has 44 heavy (non-hydrogen) atoms. The van der Waals surface area contributed by atoms with Gasteiger partial charge >= 0.3 is 5.97 Å². The average molecular weight is 608 g/mol. The van der Waals surface area contributed by atoms with Crippen LogP contribution in [-0.4, -0.2) is 41.2 Å². The lowest BCUT2D eigenvalue weighted by atomic mass is 9.99. The number of carbonyl (C=O) groups is 2. The lowest BCUT2D eigenvalue weighted by molar-refractivity contribution is 0.0696. The fourth-order valence-electron chi connectivity index (χ4n) is 5.16. The number of sulfone groups is 1. The summed E-state index contributed by atoms with van der Waals surface area (Å²) >= 11 is 0. The van der Waals surface area contributed by atoms with Crippen LogP contribution in [0, 0.1) is 5.82 Å². The molecule has 0 atom stereocenters. The van der Waals surface area contributed by atoms with Crippen LogP contribution < -0.4 is 5.32 Å². The fourth-order valence-corrected chi connectivity index (χ4v) is 5.83. The monoisotopic (exact) mass is 607 g/mol. The number of carboxylic acid groups (broad SMARTS) is 1. The number of amides is 1. The molecule has 0 fully saturated rings. The Hall–Kier alpha value is -5.35. The topological polar surface area (TPSA) is 118 Å². The smallest absolute Gasteiger partial charge is 0.335 e. The van der Waals surface area contributed by atoms with Crippen LogP contribution in [0.5, 0.6) is 0 Å². The van der Waals surface area contributed by atoms with Gasteiger partial charge in [-0.15, -0.1) is 0 Å². The van der Waals surface area contributed by atoms with Crippen LogP contribution in [0.3, 0.4) is 0 Å². The van der Waals surface area contributed by atoms with Crippen molar-refractivity contribution in [1.82, 2.24) is 14.9 Å². The molecule has 220 valence electrons. The summed E-state index contributed by atoms with van der Waals surface area (Å²) in [5.74, 6) is -1.78. The van der Waals surface area contributed by atoms with Gasteiger partial charge in [0.25, 0.3) is 5.91 Å². The van der Waals surface area contributed by atoms with E-state index < -0.39 is 15.8 Å². The molecule has 1 amide bonds. The molecule has 6 rings (SSSR count). The van der Waals surface area contributed by atoms with E-state index in [-0.39, 0.29) is 28.7 Å². The molecule has 0 spiro atoms. The number of aromatic nitrogens is 2. The van der Waals surface area contributed by atoms with Crippen LogP contribution in [0.15, 0.2) is 108 Å². The van der Waals surface area contributed by atoms with Crippen LogP contribution in [0.2, 0.25) is 0 Å². The SMILES string of the molecule is CS(=O)(=O)c1cccc(-c2cc(C(=O)NCc3ccc(C(=O)O)cc3)c3c(ccn3Cc3ccc4ccc(F)cc4n3)c2)c1. The van der Waals surface area contributed by atoms with Gasteiger partial charge in [0, 0.05) is 35.8 Å². The van der Waals surface area contributed by atoms with E-state index >= 15 is 0 Å². The number of hydrogen-bond acceptors (Lipinski definition) is 5. The van der Waals surface area contributed by atoms with E-state index in [4.69, 9.17) is 0 Å². The van der Waals surface area contributed by atoms with Crippen molar-refractivity contribution in [1.29, 1.82) is 0 Å². The maximum Gasteiger partial charge on any atom is 0.335 e. The minimum absolute atomic E-state index is 0.147. The molecule has 8 nitrogen and oxygen atoms in total. The van der Waals surface area contributed by atoms with E-state index in [1.165, 1.54) is 30.3 Å². The Kier molecular flexibility index (Phi) is 7.44. The standard InChI is InChI=1S/C34H26FN3O5S/c1-44(42,43)29-4-2-3-24(16-29)26-15-25-13-14-38(20-28-12-10-22-9-11-27(35)18-31(22)37-28)32(25)30(17-26)33(39)36-19-21-5-7-23(8-6-21)34(40)41/h2-18H,19-20H2,1H3,(H,36,39)(H,40,41). The summed E-state index contributed by atoms with van der Waals surface area (Å²) in [5.41, 5.74) is 4.38. The summed E-state index contributed by atoms with van der Waals surface area (Å²) < 4.78 is 40.2. The maximum atomic E-state index is 13.9. The minimum Gasteiger partial charge on any atom is -0.478 e. The average Bonchev–Trinajstić information content (AvgIpc) is 3.41. The highest BCUT2D eigenvalue weighted by Crippen LogP contribution is 2.31. The lowest BCUT2D eigenvalue weighted by Gasteiger charge is -2.14. The van der Waals surface area contributed by atoms with E-state index in [2.05, 4.69) is 10.3 Å². The number of carbonyl (C=O) groups excluding carboxylic acids is 1. The van der Waals surface area contributed by atoms with Gasteiger partial charge < -0.3 is 15.0 Å². The second-order valence-electron chi connectivity index (χ2n) is 10.5. The quantitative estimate of drug-likeness (QED) is 0.217. The number of halogens is 1. The predicted molar refractivity (Wildman–Crippen MR) is 166 cm³/mol. The molecule has 0 aliphatic carbocycles. The summed E-state index contributed by atoms with van der Waals surface area (Å²) in [4.78, 5) is 29.8. The lowest BCUT2D eigenvalue weighted by Crippen LogP contribution is -2.23. The zero-order valence-electron chi connectivity index (χ0n) is 23.5. The Morgan fingerprint density at radius 1 is 0.886 bits per heavy atom. The highest BCUT2D eigenvalue weighted by molar-refractivity contribution is 7.90. The van der Waals surface area contributed by atoms with E-state index in [1.807, 2.05) is 35.0 Å². The summed E-state index contributed by atoms with van der Waals surface area (Å²) in [6.07, 6.45) is 2.99. The first-order valence-corrected chi connectivity index (χ1v) is 15.5. The predicted octanol–water partition coefficient (Wildman–Crippen LogP) is 6.08. The van der Waals surface area contributed by atoms with Crippen molar-refractivity contribution in [3.05, 3.63) is 131 Å². The van der Waals surface area contributed by atoms with Gasteiger partial charge in [-0.25, -0.2) is 17.6 Å². The van der Waals surface area contributed by atoms with E-state index in [0.29, 0.717) is 40.0 Å². The molecule has 2 aromatic heterocycles. The molecule has 0 aliphatic heterocycles. The number of pyridine rings is 1. The molecule has 2 N–H and O–H groups in total. The van der Waals surface area contributed by atoms with Gasteiger partial charge in [0.1, 0.15) is 5.82 Å². The second kappa shape index (κ2) is 11.4. The van der Waals surface area contributed by atoms with Crippen LogP contribution >= 0.6 is 0 Å². The molecule has 0 bridgehead atoms. The highest BCUT2D eigenvalue weighted by Gasteiger charge is 2.18. The number of hydrogen-bond donors (Lipinski definition) is 2. The van der Waals surface area contributed by atoms with Crippen molar-refractivity contribution < 1.29 is 27.5 Å². The molecule has 0 radical (unpaired) electrons. The number of carboxylic acids is 1. The van der Waals surface area contributed by atoms with Crippen molar-refractivity contribution in [3.8, 4) is 11.1 Å². The molecule has 10 heteroatoms. The van der Waals surface area contributed by atoms with Gasteiger partial charge in [-0.1, -0.05) is 30.3 Å². The van der Waals surface area contributed by atoms with Crippen molar-refractivity contribution in [2.45, 2.75) is 18.0 Å². The number of benzene rings is 4. The molecule has 6 aromatic rings. The van der Waals surface area contributed by atoms with Crippen LogP contribution in [0.4, 0.5) is 4.39 Å². The first kappa shape index (κ1) is 28.8.